The Labute approximate surface area is 248 Å². The molecule has 2 atom stereocenters. The van der Waals surface area contributed by atoms with Crippen molar-refractivity contribution in [2.45, 2.75) is 31.7 Å². The van der Waals surface area contributed by atoms with E-state index < -0.39 is 23.5 Å². The number of halogens is 3. The second-order valence-corrected chi connectivity index (χ2v) is 11.0. The second-order valence-electron chi connectivity index (χ2n) is 10.6. The lowest BCUT2D eigenvalue weighted by molar-refractivity contribution is -0.111. The molecule has 1 aliphatic rings. The highest BCUT2D eigenvalue weighted by Crippen LogP contribution is 2.40. The first-order valence-electron chi connectivity index (χ1n) is 13.1. The van der Waals surface area contributed by atoms with E-state index in [0.29, 0.717) is 40.9 Å². The molecule has 1 amide bonds. The van der Waals surface area contributed by atoms with Gasteiger partial charge in [-0.15, -0.1) is 0 Å². The maximum Gasteiger partial charge on any atom is 0.247 e. The Bertz CT molecular complexity index is 1480. The zero-order chi connectivity index (χ0) is 30.8. The summed E-state index contributed by atoms with van der Waals surface area (Å²) in [6.45, 7) is 7.15. The Morgan fingerprint density at radius 3 is 2.57 bits per heavy atom. The number of alkyl halides is 1. The summed E-state index contributed by atoms with van der Waals surface area (Å²) in [5, 5.41) is 19.4. The van der Waals surface area contributed by atoms with Crippen LogP contribution in [0.15, 0.2) is 49.2 Å². The van der Waals surface area contributed by atoms with Gasteiger partial charge in [-0.2, -0.15) is 4.98 Å². The molecule has 10 nitrogen and oxygen atoms in total. The van der Waals surface area contributed by atoms with E-state index in [-0.39, 0.29) is 29.1 Å². The Balaban J connectivity index is 1.67. The van der Waals surface area contributed by atoms with Crippen LogP contribution >= 0.6 is 11.6 Å². The predicted molar refractivity (Wildman–Crippen MR) is 162 cm³/mol. The van der Waals surface area contributed by atoms with Gasteiger partial charge in [0.15, 0.2) is 0 Å². The molecule has 224 valence electrons. The van der Waals surface area contributed by atoms with Crippen LogP contribution in [0.5, 0.6) is 5.75 Å². The quantitative estimate of drug-likeness (QED) is 0.233. The third kappa shape index (κ3) is 6.89. The molecular weight excluding hydrogens is 568 g/mol. The SMILES string of the molecule is C=CC(=O)Nc1cc(Nc2nccc(Nc3cc(Cl)c(F)cc3C(C)(C)O)n2)c(OC)cc1N1C[C@@H](F)[C@@H](N(C)C)C1. The standard InChI is InChI=1S/C29H34ClF2N7O3/c1-7-27(40)35-21-12-22(25(42-6)13-23(21)39-14-19(32)24(15-39)38(4)5)36-28-33-9-8-26(37-28)34-20-11-17(30)18(31)10-16(20)29(2,3)41/h7-13,19,24,41H,1,14-15H2,2-6H3,(H,35,40)(H2,33,34,36,37)/t19-,24+/m1/s1. The fourth-order valence-corrected chi connectivity index (χ4v) is 4.88. The van der Waals surface area contributed by atoms with Crippen molar-refractivity contribution >= 4 is 52.0 Å². The molecule has 0 saturated carbocycles. The zero-order valence-electron chi connectivity index (χ0n) is 24.0. The molecule has 3 aromatic rings. The normalized spacial score (nSPS) is 16.9. The first-order chi connectivity index (χ1) is 19.8. The number of aliphatic hydroxyl groups is 1. The third-order valence-corrected chi connectivity index (χ3v) is 7.16. The number of methoxy groups -OCH3 is 1. The summed E-state index contributed by atoms with van der Waals surface area (Å²) in [6, 6.07) is 7.19. The minimum absolute atomic E-state index is 0.120. The summed E-state index contributed by atoms with van der Waals surface area (Å²) in [7, 11) is 5.15. The topological polar surface area (TPSA) is 115 Å². The van der Waals surface area contributed by atoms with E-state index in [1.165, 1.54) is 39.3 Å². The number of hydrogen-bond donors (Lipinski definition) is 4. The van der Waals surface area contributed by atoms with Gasteiger partial charge >= 0.3 is 0 Å². The summed E-state index contributed by atoms with van der Waals surface area (Å²) in [6.07, 6.45) is 1.57. The minimum Gasteiger partial charge on any atom is -0.494 e. The number of carbonyl (C=O) groups is 1. The largest absolute Gasteiger partial charge is 0.494 e. The average molecular weight is 602 g/mol. The van der Waals surface area contributed by atoms with Gasteiger partial charge in [-0.1, -0.05) is 18.2 Å². The third-order valence-electron chi connectivity index (χ3n) is 6.87. The molecule has 0 spiro atoms. The zero-order valence-corrected chi connectivity index (χ0v) is 24.8. The molecule has 2 heterocycles. The van der Waals surface area contributed by atoms with Crippen LogP contribution in [0.1, 0.15) is 19.4 Å². The van der Waals surface area contributed by atoms with Gasteiger partial charge in [-0.25, -0.2) is 13.8 Å². The van der Waals surface area contributed by atoms with Crippen LogP contribution in [0.4, 0.5) is 43.3 Å². The predicted octanol–water partition coefficient (Wildman–Crippen LogP) is 5.21. The summed E-state index contributed by atoms with van der Waals surface area (Å²) < 4.78 is 34.6. The smallest absolute Gasteiger partial charge is 0.247 e. The molecule has 42 heavy (non-hydrogen) atoms. The Morgan fingerprint density at radius 1 is 1.21 bits per heavy atom. The van der Waals surface area contributed by atoms with Crippen molar-refractivity contribution in [1.82, 2.24) is 14.9 Å². The number of amides is 1. The molecule has 0 aliphatic carbocycles. The fourth-order valence-electron chi connectivity index (χ4n) is 4.71. The molecule has 0 bridgehead atoms. The number of nitrogens with zero attached hydrogens (tertiary/aromatic N) is 4. The fraction of sp³-hybridized carbons (Fsp3) is 0.345. The minimum atomic E-state index is -1.37. The van der Waals surface area contributed by atoms with Crippen LogP contribution in [0.2, 0.25) is 5.02 Å². The number of anilines is 6. The van der Waals surface area contributed by atoms with Crippen LogP contribution in [-0.4, -0.2) is 72.4 Å². The number of ether oxygens (including phenoxy) is 1. The highest BCUT2D eigenvalue weighted by molar-refractivity contribution is 6.31. The molecule has 2 aromatic carbocycles. The molecule has 1 aliphatic heterocycles. The highest BCUT2D eigenvalue weighted by Gasteiger charge is 2.36. The van der Waals surface area contributed by atoms with Gasteiger partial charge in [-0.05, 0) is 58.3 Å². The number of benzene rings is 2. The van der Waals surface area contributed by atoms with E-state index >= 15 is 0 Å². The Hall–Kier alpha value is -4.00. The van der Waals surface area contributed by atoms with Crippen molar-refractivity contribution in [1.29, 1.82) is 0 Å². The second kappa shape index (κ2) is 12.5. The van der Waals surface area contributed by atoms with Crippen LogP contribution in [0, 0.1) is 5.82 Å². The number of nitrogens with one attached hydrogen (secondary N) is 3. The van der Waals surface area contributed by atoms with E-state index in [9.17, 15) is 18.7 Å². The molecule has 1 aromatic heterocycles. The molecule has 4 N–H and O–H groups in total. The number of likely N-dealkylation sites (N-methyl/N-ethyl adjacent to an activating group) is 1. The van der Waals surface area contributed by atoms with Crippen LogP contribution < -0.4 is 25.6 Å². The first kappa shape index (κ1) is 30.9. The summed E-state index contributed by atoms with van der Waals surface area (Å²) in [5.41, 5.74) is 0.713. The van der Waals surface area contributed by atoms with Crippen molar-refractivity contribution < 1.29 is 23.4 Å². The van der Waals surface area contributed by atoms with Crippen molar-refractivity contribution in [2.75, 3.05) is 55.1 Å². The summed E-state index contributed by atoms with van der Waals surface area (Å²) >= 11 is 6.01. The lowest BCUT2D eigenvalue weighted by atomic mass is 9.96. The number of aromatic nitrogens is 2. The maximum atomic E-state index is 14.8. The van der Waals surface area contributed by atoms with Gasteiger partial charge < -0.3 is 35.6 Å². The first-order valence-corrected chi connectivity index (χ1v) is 13.5. The van der Waals surface area contributed by atoms with Crippen molar-refractivity contribution in [3.05, 3.63) is 65.6 Å². The summed E-state index contributed by atoms with van der Waals surface area (Å²) in [5.74, 6) is -0.190. The number of carbonyl (C=O) groups excluding carboxylic acids is 1. The van der Waals surface area contributed by atoms with Crippen molar-refractivity contribution in [2.24, 2.45) is 0 Å². The molecule has 13 heteroatoms. The molecule has 4 rings (SSSR count). The van der Waals surface area contributed by atoms with E-state index in [2.05, 4.69) is 32.5 Å². The van der Waals surface area contributed by atoms with Gasteiger partial charge in [0.25, 0.3) is 0 Å². The number of rotatable bonds is 10. The van der Waals surface area contributed by atoms with Gasteiger partial charge in [0.05, 0.1) is 47.4 Å². The van der Waals surface area contributed by atoms with Crippen LogP contribution in [-0.2, 0) is 10.4 Å². The monoisotopic (exact) mass is 601 g/mol. The number of hydrogen-bond acceptors (Lipinski definition) is 9. The Kier molecular flexibility index (Phi) is 9.19. The van der Waals surface area contributed by atoms with E-state index in [1.807, 2.05) is 23.9 Å². The average Bonchev–Trinajstić information content (AvgIpc) is 3.32. The summed E-state index contributed by atoms with van der Waals surface area (Å²) in [4.78, 5) is 24.8. The van der Waals surface area contributed by atoms with Gasteiger partial charge in [-0.3, -0.25) is 4.79 Å². The highest BCUT2D eigenvalue weighted by atomic mass is 35.5. The van der Waals surface area contributed by atoms with Crippen LogP contribution in [0.25, 0.3) is 0 Å². The van der Waals surface area contributed by atoms with Crippen molar-refractivity contribution in [3.63, 3.8) is 0 Å². The lowest BCUT2D eigenvalue weighted by Crippen LogP contribution is -2.36. The van der Waals surface area contributed by atoms with E-state index in [4.69, 9.17) is 16.3 Å². The Morgan fingerprint density at radius 2 is 1.95 bits per heavy atom. The molecular formula is C29H34ClF2N7O3. The van der Waals surface area contributed by atoms with E-state index in [0.717, 1.165) is 6.08 Å². The van der Waals surface area contributed by atoms with Gasteiger partial charge in [0.1, 0.15) is 23.6 Å². The molecule has 1 fully saturated rings. The lowest BCUT2D eigenvalue weighted by Gasteiger charge is -2.25. The van der Waals surface area contributed by atoms with Crippen LogP contribution in [0.3, 0.4) is 0 Å². The molecule has 0 unspecified atom stereocenters. The molecule has 1 saturated heterocycles. The molecule has 0 radical (unpaired) electrons. The van der Waals surface area contributed by atoms with E-state index in [1.54, 1.807) is 18.2 Å². The van der Waals surface area contributed by atoms with Gasteiger partial charge in [0.2, 0.25) is 11.9 Å². The van der Waals surface area contributed by atoms with Gasteiger partial charge in [0, 0.05) is 30.1 Å². The maximum absolute atomic E-state index is 14.8. The van der Waals surface area contributed by atoms with Crippen molar-refractivity contribution in [3.8, 4) is 5.75 Å².